The number of ether oxygens (including phenoxy) is 1. The second-order valence-corrected chi connectivity index (χ2v) is 6.22. The fourth-order valence-corrected chi connectivity index (χ4v) is 2.98. The van der Waals surface area contributed by atoms with Gasteiger partial charge in [-0.25, -0.2) is 4.79 Å². The van der Waals surface area contributed by atoms with Gasteiger partial charge in [0.2, 0.25) is 0 Å². The fourth-order valence-electron chi connectivity index (χ4n) is 2.98. The third-order valence-electron chi connectivity index (χ3n) is 3.69. The first-order valence-electron chi connectivity index (χ1n) is 6.56. The van der Waals surface area contributed by atoms with E-state index in [1.165, 1.54) is 6.42 Å². The molecule has 1 aliphatic carbocycles. The van der Waals surface area contributed by atoms with Gasteiger partial charge in [0.1, 0.15) is 5.60 Å². The van der Waals surface area contributed by atoms with Gasteiger partial charge in [0.15, 0.2) is 0 Å². The highest BCUT2D eigenvalue weighted by atomic mass is 16.6. The third-order valence-corrected chi connectivity index (χ3v) is 3.69. The summed E-state index contributed by atoms with van der Waals surface area (Å²) in [4.78, 5) is 13.8. The first-order valence-corrected chi connectivity index (χ1v) is 6.56. The van der Waals surface area contributed by atoms with Gasteiger partial charge in [-0.2, -0.15) is 0 Å². The Morgan fingerprint density at radius 1 is 1.29 bits per heavy atom. The van der Waals surface area contributed by atoms with Crippen molar-refractivity contribution in [2.24, 2.45) is 5.92 Å². The number of aliphatic hydroxyl groups excluding tert-OH is 1. The Morgan fingerprint density at radius 2 is 1.94 bits per heavy atom. The Bertz CT molecular complexity index is 298. The maximum absolute atomic E-state index is 12.1. The largest absolute Gasteiger partial charge is 0.444 e. The van der Waals surface area contributed by atoms with Crippen molar-refractivity contribution in [3.05, 3.63) is 0 Å². The molecule has 3 atom stereocenters. The van der Waals surface area contributed by atoms with E-state index in [2.05, 4.69) is 0 Å². The summed E-state index contributed by atoms with van der Waals surface area (Å²) in [6.45, 7) is 6.05. The molecule has 1 saturated heterocycles. The molecule has 0 radical (unpaired) electrons. The normalized spacial score (nSPS) is 33.4. The lowest BCUT2D eigenvalue weighted by molar-refractivity contribution is 0.0180. The van der Waals surface area contributed by atoms with E-state index in [9.17, 15) is 9.90 Å². The van der Waals surface area contributed by atoms with Crippen LogP contribution in [0.2, 0.25) is 0 Å². The molecule has 0 aromatic rings. The van der Waals surface area contributed by atoms with Crippen LogP contribution in [0.25, 0.3) is 0 Å². The molecule has 2 aliphatic rings. The number of aliphatic hydroxyl groups is 1. The predicted molar refractivity (Wildman–Crippen MR) is 64.7 cm³/mol. The third kappa shape index (κ3) is 2.73. The molecule has 1 amide bonds. The van der Waals surface area contributed by atoms with Crippen LogP contribution in [-0.2, 0) is 4.74 Å². The van der Waals surface area contributed by atoms with Crippen molar-refractivity contribution in [1.29, 1.82) is 0 Å². The molecular formula is C13H23NO3. The number of nitrogens with zero attached hydrogens (tertiary/aromatic N) is 1. The van der Waals surface area contributed by atoms with Crippen LogP contribution in [0.3, 0.4) is 0 Å². The number of hydrogen-bond acceptors (Lipinski definition) is 3. The molecular weight excluding hydrogens is 218 g/mol. The van der Waals surface area contributed by atoms with Gasteiger partial charge in [0.25, 0.3) is 0 Å². The summed E-state index contributed by atoms with van der Waals surface area (Å²) in [7, 11) is 0. The lowest BCUT2D eigenvalue weighted by atomic mass is 9.84. The Kier molecular flexibility index (Phi) is 3.34. The number of rotatable bonds is 0. The van der Waals surface area contributed by atoms with Crippen LogP contribution in [0.15, 0.2) is 0 Å². The van der Waals surface area contributed by atoms with Crippen molar-refractivity contribution in [3.63, 3.8) is 0 Å². The number of hydrogen-bond donors (Lipinski definition) is 1. The molecule has 98 valence electrons. The van der Waals surface area contributed by atoms with E-state index in [4.69, 9.17) is 4.74 Å². The molecule has 4 nitrogen and oxygen atoms in total. The van der Waals surface area contributed by atoms with E-state index < -0.39 is 5.60 Å². The van der Waals surface area contributed by atoms with E-state index in [0.29, 0.717) is 6.54 Å². The van der Waals surface area contributed by atoms with Crippen LogP contribution in [-0.4, -0.2) is 40.4 Å². The summed E-state index contributed by atoms with van der Waals surface area (Å²) >= 11 is 0. The molecule has 17 heavy (non-hydrogen) atoms. The van der Waals surface area contributed by atoms with Crippen LogP contribution in [0.5, 0.6) is 0 Å². The van der Waals surface area contributed by atoms with Gasteiger partial charge in [-0.1, -0.05) is 12.8 Å². The van der Waals surface area contributed by atoms with Crippen LogP contribution >= 0.6 is 0 Å². The van der Waals surface area contributed by atoms with E-state index in [1.54, 1.807) is 4.90 Å². The number of carbonyl (C=O) groups is 1. The molecule has 0 bridgehead atoms. The van der Waals surface area contributed by atoms with Crippen LogP contribution in [0.4, 0.5) is 4.79 Å². The lowest BCUT2D eigenvalue weighted by Crippen LogP contribution is -2.42. The van der Waals surface area contributed by atoms with Crippen molar-refractivity contribution in [3.8, 4) is 0 Å². The summed E-state index contributed by atoms with van der Waals surface area (Å²) in [6, 6.07) is 0.189. The molecule has 1 N–H and O–H groups in total. The van der Waals surface area contributed by atoms with Gasteiger partial charge in [-0.05, 0) is 33.6 Å². The van der Waals surface area contributed by atoms with Gasteiger partial charge in [-0.15, -0.1) is 0 Å². The smallest absolute Gasteiger partial charge is 0.410 e. The Hall–Kier alpha value is -0.770. The minimum absolute atomic E-state index is 0.189. The zero-order valence-electron chi connectivity index (χ0n) is 11.0. The van der Waals surface area contributed by atoms with Crippen LogP contribution < -0.4 is 0 Å². The first-order chi connectivity index (χ1) is 7.88. The summed E-state index contributed by atoms with van der Waals surface area (Å²) < 4.78 is 5.39. The molecule has 4 heteroatoms. The zero-order chi connectivity index (χ0) is 12.6. The monoisotopic (exact) mass is 241 g/mol. The summed E-state index contributed by atoms with van der Waals surface area (Å²) in [5.74, 6) is 0.260. The Labute approximate surface area is 103 Å². The highest BCUT2D eigenvalue weighted by molar-refractivity contribution is 5.69. The molecule has 0 aromatic carbocycles. The SMILES string of the molecule is CC(C)(C)OC(=O)N1CC(O)C2CCCCC21. The number of amides is 1. The Balaban J connectivity index is 2.04. The second kappa shape index (κ2) is 4.48. The lowest BCUT2D eigenvalue weighted by Gasteiger charge is -2.32. The topological polar surface area (TPSA) is 49.8 Å². The number of fused-ring (bicyclic) bond motifs is 1. The minimum Gasteiger partial charge on any atom is -0.444 e. The fraction of sp³-hybridized carbons (Fsp3) is 0.923. The molecule has 2 fully saturated rings. The predicted octanol–water partition coefficient (Wildman–Crippen LogP) is 2.16. The van der Waals surface area contributed by atoms with E-state index >= 15 is 0 Å². The first kappa shape index (κ1) is 12.7. The number of β-amino-alcohol motifs (C(OH)–C–C–N with tert-alkyl or cyclic N) is 1. The van der Waals surface area contributed by atoms with Crippen LogP contribution in [0, 0.1) is 5.92 Å². The summed E-state index contributed by atoms with van der Waals surface area (Å²) in [5, 5.41) is 9.99. The molecule has 0 aromatic heterocycles. The van der Waals surface area contributed by atoms with Crippen molar-refractivity contribution in [1.82, 2.24) is 4.90 Å². The average molecular weight is 241 g/mol. The van der Waals surface area contributed by atoms with Gasteiger partial charge in [-0.3, -0.25) is 0 Å². The maximum Gasteiger partial charge on any atom is 0.410 e. The van der Waals surface area contributed by atoms with Gasteiger partial charge >= 0.3 is 6.09 Å². The minimum atomic E-state index is -0.464. The van der Waals surface area contributed by atoms with Gasteiger partial charge in [0, 0.05) is 12.0 Å². The van der Waals surface area contributed by atoms with E-state index in [0.717, 1.165) is 19.3 Å². The summed E-state index contributed by atoms with van der Waals surface area (Å²) in [6.07, 6.45) is 3.71. The molecule has 1 heterocycles. The highest BCUT2D eigenvalue weighted by Gasteiger charge is 2.45. The quantitative estimate of drug-likeness (QED) is 0.707. The van der Waals surface area contributed by atoms with Gasteiger partial charge in [0.05, 0.1) is 12.6 Å². The molecule has 0 spiro atoms. The number of likely N-dealkylation sites (tertiary alicyclic amines) is 1. The van der Waals surface area contributed by atoms with E-state index in [-0.39, 0.29) is 24.2 Å². The zero-order valence-corrected chi connectivity index (χ0v) is 11.0. The molecule has 2 rings (SSSR count). The molecule has 1 aliphatic heterocycles. The molecule has 1 saturated carbocycles. The van der Waals surface area contributed by atoms with Crippen molar-refractivity contribution in [2.75, 3.05) is 6.54 Å². The standard InChI is InChI=1S/C13H23NO3/c1-13(2,3)17-12(16)14-8-11(15)9-6-4-5-7-10(9)14/h9-11,15H,4-8H2,1-3H3. The van der Waals surface area contributed by atoms with Crippen molar-refractivity contribution >= 4 is 6.09 Å². The Morgan fingerprint density at radius 3 is 2.59 bits per heavy atom. The number of carbonyl (C=O) groups excluding carboxylic acids is 1. The second-order valence-electron chi connectivity index (χ2n) is 6.22. The van der Waals surface area contributed by atoms with Crippen LogP contribution in [0.1, 0.15) is 46.5 Å². The van der Waals surface area contributed by atoms with E-state index in [1.807, 2.05) is 20.8 Å². The van der Waals surface area contributed by atoms with Crippen molar-refractivity contribution < 1.29 is 14.6 Å². The average Bonchev–Trinajstić information content (AvgIpc) is 2.55. The maximum atomic E-state index is 12.1. The summed E-state index contributed by atoms with van der Waals surface area (Å²) in [5.41, 5.74) is -0.464. The van der Waals surface area contributed by atoms with Crippen molar-refractivity contribution in [2.45, 2.75) is 64.2 Å². The highest BCUT2D eigenvalue weighted by Crippen LogP contribution is 2.37. The molecule has 3 unspecified atom stereocenters. The van der Waals surface area contributed by atoms with Gasteiger partial charge < -0.3 is 14.7 Å².